The van der Waals surface area contributed by atoms with Gasteiger partial charge >= 0.3 is 0 Å². The van der Waals surface area contributed by atoms with Crippen LogP contribution >= 0.6 is 0 Å². The van der Waals surface area contributed by atoms with Gasteiger partial charge in [0.05, 0.1) is 6.61 Å². The first kappa shape index (κ1) is 16.5. The van der Waals surface area contributed by atoms with E-state index in [1.165, 1.54) is 5.56 Å². The number of hydrogen-bond donors (Lipinski definition) is 1. The fraction of sp³-hybridized carbons (Fsp3) is 0.667. The highest BCUT2D eigenvalue weighted by Crippen LogP contribution is 2.18. The fourth-order valence-electron chi connectivity index (χ4n) is 2.61. The molecule has 0 unspecified atom stereocenters. The van der Waals surface area contributed by atoms with Crippen LogP contribution in [0.4, 0.5) is 0 Å². The van der Waals surface area contributed by atoms with Crippen molar-refractivity contribution in [2.24, 2.45) is 11.3 Å². The number of ether oxygens (including phenoxy) is 2. The van der Waals surface area contributed by atoms with E-state index in [4.69, 9.17) is 9.47 Å². The molecule has 1 aromatic rings. The molecule has 21 heavy (non-hydrogen) atoms. The summed E-state index contributed by atoms with van der Waals surface area (Å²) >= 11 is 0. The van der Waals surface area contributed by atoms with Gasteiger partial charge in [-0.3, -0.25) is 0 Å². The third-order valence-corrected chi connectivity index (χ3v) is 3.96. The Kier molecular flexibility index (Phi) is 6.68. The Labute approximate surface area is 129 Å². The molecule has 1 aliphatic heterocycles. The number of benzene rings is 1. The molecule has 0 radical (unpaired) electrons. The van der Waals surface area contributed by atoms with Crippen LogP contribution in [0.3, 0.4) is 0 Å². The quantitative estimate of drug-likeness (QED) is 0.797. The lowest BCUT2D eigenvalue weighted by Gasteiger charge is -2.27. The molecule has 1 heterocycles. The van der Waals surface area contributed by atoms with Crippen LogP contribution in [0.15, 0.2) is 30.3 Å². The first-order chi connectivity index (χ1) is 10.2. The summed E-state index contributed by atoms with van der Waals surface area (Å²) < 4.78 is 11.3. The Morgan fingerprint density at radius 1 is 1.19 bits per heavy atom. The Hall–Kier alpha value is -0.900. The topological polar surface area (TPSA) is 30.5 Å². The minimum atomic E-state index is 0.167. The van der Waals surface area contributed by atoms with Gasteiger partial charge in [0.2, 0.25) is 0 Å². The molecule has 0 atom stereocenters. The average molecular weight is 291 g/mol. The van der Waals surface area contributed by atoms with E-state index in [-0.39, 0.29) is 5.41 Å². The fourth-order valence-corrected chi connectivity index (χ4v) is 2.61. The summed E-state index contributed by atoms with van der Waals surface area (Å²) in [6, 6.07) is 10.5. The molecule has 0 spiro atoms. The third-order valence-electron chi connectivity index (χ3n) is 3.96. The molecule has 0 amide bonds. The van der Waals surface area contributed by atoms with E-state index in [1.54, 1.807) is 0 Å². The lowest BCUT2D eigenvalue weighted by atomic mass is 9.94. The van der Waals surface area contributed by atoms with E-state index in [0.29, 0.717) is 5.92 Å². The Bertz CT molecular complexity index is 385. The maximum atomic E-state index is 5.95. The van der Waals surface area contributed by atoms with Crippen LogP contribution in [0.1, 0.15) is 32.3 Å². The van der Waals surface area contributed by atoms with Gasteiger partial charge in [-0.2, -0.15) is 0 Å². The lowest BCUT2D eigenvalue weighted by molar-refractivity contribution is -0.00161. The Balaban J connectivity index is 1.60. The molecule has 2 rings (SSSR count). The summed E-state index contributed by atoms with van der Waals surface area (Å²) in [4.78, 5) is 0. The predicted octanol–water partition coefficient (Wildman–Crippen LogP) is 3.25. The lowest BCUT2D eigenvalue weighted by Crippen LogP contribution is -2.34. The van der Waals surface area contributed by atoms with Gasteiger partial charge in [0.15, 0.2) is 0 Å². The molecule has 3 nitrogen and oxygen atoms in total. The van der Waals surface area contributed by atoms with Gasteiger partial charge in [0.1, 0.15) is 0 Å². The van der Waals surface area contributed by atoms with Crippen molar-refractivity contribution in [3.63, 3.8) is 0 Å². The second-order valence-electron chi connectivity index (χ2n) is 6.82. The van der Waals surface area contributed by atoms with E-state index in [0.717, 1.165) is 52.4 Å². The van der Waals surface area contributed by atoms with E-state index in [2.05, 4.69) is 49.5 Å². The standard InChI is InChI=1S/C18H29NO2/c1-18(2,14-19-12-16-6-4-3-5-7-16)15-21-13-17-8-10-20-11-9-17/h3-7,17,19H,8-15H2,1-2H3. The highest BCUT2D eigenvalue weighted by molar-refractivity contribution is 5.14. The van der Waals surface area contributed by atoms with E-state index in [9.17, 15) is 0 Å². The van der Waals surface area contributed by atoms with Crippen LogP contribution in [0.25, 0.3) is 0 Å². The summed E-state index contributed by atoms with van der Waals surface area (Å²) in [5, 5.41) is 3.53. The molecule has 118 valence electrons. The second kappa shape index (κ2) is 8.52. The largest absolute Gasteiger partial charge is 0.381 e. The van der Waals surface area contributed by atoms with Gasteiger partial charge < -0.3 is 14.8 Å². The Morgan fingerprint density at radius 3 is 2.62 bits per heavy atom. The molecular formula is C18H29NO2. The predicted molar refractivity (Wildman–Crippen MR) is 86.3 cm³/mol. The molecule has 0 aromatic heterocycles. The zero-order valence-corrected chi connectivity index (χ0v) is 13.4. The Morgan fingerprint density at radius 2 is 1.90 bits per heavy atom. The maximum Gasteiger partial charge on any atom is 0.0529 e. The summed E-state index contributed by atoms with van der Waals surface area (Å²) in [6.45, 7) is 9.90. The van der Waals surface area contributed by atoms with Gasteiger partial charge in [0.25, 0.3) is 0 Å². The van der Waals surface area contributed by atoms with E-state index < -0.39 is 0 Å². The molecule has 0 bridgehead atoms. The van der Waals surface area contributed by atoms with Crippen molar-refractivity contribution in [3.05, 3.63) is 35.9 Å². The summed E-state index contributed by atoms with van der Waals surface area (Å²) in [5.74, 6) is 0.687. The van der Waals surface area contributed by atoms with Crippen LogP contribution in [-0.2, 0) is 16.0 Å². The van der Waals surface area contributed by atoms with Gasteiger partial charge in [-0.05, 0) is 24.3 Å². The number of hydrogen-bond acceptors (Lipinski definition) is 3. The second-order valence-corrected chi connectivity index (χ2v) is 6.82. The van der Waals surface area contributed by atoms with Gasteiger partial charge in [-0.25, -0.2) is 0 Å². The molecule has 0 aliphatic carbocycles. The average Bonchev–Trinajstić information content (AvgIpc) is 2.49. The van der Waals surface area contributed by atoms with Crippen molar-refractivity contribution in [2.45, 2.75) is 33.2 Å². The SMILES string of the molecule is CC(C)(CNCc1ccccc1)COCC1CCOCC1. The smallest absolute Gasteiger partial charge is 0.0529 e. The molecule has 0 saturated carbocycles. The van der Waals surface area contributed by atoms with Crippen LogP contribution < -0.4 is 5.32 Å². The zero-order valence-electron chi connectivity index (χ0n) is 13.4. The molecule has 1 N–H and O–H groups in total. The van der Waals surface area contributed by atoms with Gasteiger partial charge in [-0.1, -0.05) is 44.2 Å². The van der Waals surface area contributed by atoms with Crippen molar-refractivity contribution < 1.29 is 9.47 Å². The summed E-state index contributed by atoms with van der Waals surface area (Å²) in [6.07, 6.45) is 2.29. The monoisotopic (exact) mass is 291 g/mol. The van der Waals surface area contributed by atoms with E-state index >= 15 is 0 Å². The third kappa shape index (κ3) is 6.60. The summed E-state index contributed by atoms with van der Waals surface area (Å²) in [7, 11) is 0. The molecule has 1 aromatic carbocycles. The summed E-state index contributed by atoms with van der Waals surface area (Å²) in [5.41, 5.74) is 1.50. The highest BCUT2D eigenvalue weighted by atomic mass is 16.5. The van der Waals surface area contributed by atoms with Gasteiger partial charge in [0, 0.05) is 38.3 Å². The first-order valence-electron chi connectivity index (χ1n) is 8.06. The first-order valence-corrected chi connectivity index (χ1v) is 8.06. The molecular weight excluding hydrogens is 262 g/mol. The van der Waals surface area contributed by atoms with Crippen molar-refractivity contribution in [2.75, 3.05) is 33.0 Å². The highest BCUT2D eigenvalue weighted by Gasteiger charge is 2.20. The van der Waals surface area contributed by atoms with Gasteiger partial charge in [-0.15, -0.1) is 0 Å². The zero-order chi connectivity index (χ0) is 15.0. The van der Waals surface area contributed by atoms with Crippen LogP contribution in [0.5, 0.6) is 0 Å². The van der Waals surface area contributed by atoms with E-state index in [1.807, 2.05) is 0 Å². The molecule has 1 fully saturated rings. The van der Waals surface area contributed by atoms with Crippen molar-refractivity contribution >= 4 is 0 Å². The normalized spacial score (nSPS) is 17.0. The number of nitrogens with one attached hydrogen (secondary N) is 1. The minimum absolute atomic E-state index is 0.167. The molecule has 1 aliphatic rings. The molecule has 1 saturated heterocycles. The van der Waals surface area contributed by atoms with Crippen LogP contribution in [-0.4, -0.2) is 33.0 Å². The molecule has 3 heteroatoms. The number of rotatable bonds is 8. The maximum absolute atomic E-state index is 5.95. The van der Waals surface area contributed by atoms with Crippen molar-refractivity contribution in [1.82, 2.24) is 5.32 Å². The minimum Gasteiger partial charge on any atom is -0.381 e. The van der Waals surface area contributed by atoms with Crippen molar-refractivity contribution in [3.8, 4) is 0 Å². The van der Waals surface area contributed by atoms with Crippen molar-refractivity contribution in [1.29, 1.82) is 0 Å². The van der Waals surface area contributed by atoms with Crippen LogP contribution in [0.2, 0.25) is 0 Å². The van der Waals surface area contributed by atoms with Crippen LogP contribution in [0, 0.1) is 11.3 Å².